The normalized spacial score (nSPS) is 22.7. The lowest BCUT2D eigenvalue weighted by Gasteiger charge is -2.27. The zero-order valence-electron chi connectivity index (χ0n) is 27.5. The van der Waals surface area contributed by atoms with Gasteiger partial charge in [0.15, 0.2) is 0 Å². The highest BCUT2D eigenvalue weighted by Crippen LogP contribution is 2.44. The molecule has 1 aliphatic heterocycles. The highest BCUT2D eigenvalue weighted by Gasteiger charge is 2.41. The van der Waals surface area contributed by atoms with Crippen LogP contribution in [0.15, 0.2) is 53.6 Å². The van der Waals surface area contributed by atoms with E-state index in [0.29, 0.717) is 31.8 Å². The zero-order valence-corrected chi connectivity index (χ0v) is 27.5. The molecule has 0 aromatic heterocycles. The summed E-state index contributed by atoms with van der Waals surface area (Å²) in [6, 6.07) is 14.7. The molecule has 252 valence electrons. The fourth-order valence-electron chi connectivity index (χ4n) is 6.99. The van der Waals surface area contributed by atoms with E-state index in [0.717, 1.165) is 47.9 Å². The maximum Gasteiger partial charge on any atom is 0.410 e. The minimum atomic E-state index is -0.708. The van der Waals surface area contributed by atoms with E-state index in [4.69, 9.17) is 4.74 Å². The Hall–Kier alpha value is -4.45. The maximum absolute atomic E-state index is 13.5. The standard InChI is InChI=1S/C35H47N7O5/c1-4-24(19-39-41-34(45)38-18-22-13-15-23(16-14-22)32(43)37-3)40-33(44)31-17-25(36-2)20-42(31)35(46)47-21-30-28-11-7-5-9-26(28)27-10-6-8-12-29(27)30/h5-12,19,22-25,30-31,36H,4,13-18,20-21H2,1-3H3,(H,37,43)(H,40,44)(H2,38,41,45)/b39-19+/t22-,23-,24-,25+,31-/m0/s1. The van der Waals surface area contributed by atoms with Gasteiger partial charge in [-0.1, -0.05) is 55.5 Å². The molecule has 2 aromatic carbocycles. The molecular formula is C35H47N7O5. The van der Waals surface area contributed by atoms with Gasteiger partial charge in [0.1, 0.15) is 12.6 Å². The number of nitrogens with one attached hydrogen (secondary N) is 5. The molecule has 2 fully saturated rings. The van der Waals surface area contributed by atoms with Crippen molar-refractivity contribution in [2.45, 2.75) is 69.5 Å². The van der Waals surface area contributed by atoms with E-state index in [1.165, 1.54) is 11.1 Å². The third-order valence-corrected chi connectivity index (χ3v) is 9.79. The highest BCUT2D eigenvalue weighted by molar-refractivity contribution is 5.89. The van der Waals surface area contributed by atoms with Crippen LogP contribution in [0.3, 0.4) is 0 Å². The molecule has 0 unspecified atom stereocenters. The highest BCUT2D eigenvalue weighted by atomic mass is 16.6. The molecule has 1 heterocycles. The van der Waals surface area contributed by atoms with Gasteiger partial charge in [0.05, 0.1) is 6.04 Å². The van der Waals surface area contributed by atoms with Gasteiger partial charge >= 0.3 is 12.1 Å². The van der Waals surface area contributed by atoms with Gasteiger partial charge < -0.3 is 26.0 Å². The number of carbonyl (C=O) groups excluding carboxylic acids is 4. The molecule has 0 spiro atoms. The van der Waals surface area contributed by atoms with Crippen molar-refractivity contribution in [3.63, 3.8) is 0 Å². The van der Waals surface area contributed by atoms with Crippen molar-refractivity contribution in [3.8, 4) is 11.1 Å². The first-order valence-electron chi connectivity index (χ1n) is 16.7. The number of fused-ring (bicyclic) bond motifs is 3. The summed E-state index contributed by atoms with van der Waals surface area (Å²) in [6.07, 6.45) is 5.37. The van der Waals surface area contributed by atoms with Crippen LogP contribution in [0.25, 0.3) is 11.1 Å². The Labute approximate surface area is 276 Å². The van der Waals surface area contributed by atoms with Crippen molar-refractivity contribution in [1.29, 1.82) is 0 Å². The first kappa shape index (κ1) is 33.9. The van der Waals surface area contributed by atoms with Crippen molar-refractivity contribution in [2.75, 3.05) is 33.8 Å². The summed E-state index contributed by atoms with van der Waals surface area (Å²) in [5.41, 5.74) is 7.03. The monoisotopic (exact) mass is 645 g/mol. The molecular weight excluding hydrogens is 598 g/mol. The number of nitrogens with zero attached hydrogens (tertiary/aromatic N) is 2. The number of likely N-dealkylation sites (N-methyl/N-ethyl adjacent to an activating group) is 1. The quantitative estimate of drug-likeness (QED) is 0.187. The minimum Gasteiger partial charge on any atom is -0.448 e. The number of ether oxygens (including phenoxy) is 1. The molecule has 5 amide bonds. The number of urea groups is 1. The molecule has 1 saturated heterocycles. The molecule has 5 rings (SSSR count). The molecule has 5 N–H and O–H groups in total. The van der Waals surface area contributed by atoms with Gasteiger partial charge in [-0.05, 0) is 73.7 Å². The predicted octanol–water partition coefficient (Wildman–Crippen LogP) is 3.33. The van der Waals surface area contributed by atoms with Crippen LogP contribution in [-0.2, 0) is 14.3 Å². The number of hydrogen-bond donors (Lipinski definition) is 5. The summed E-state index contributed by atoms with van der Waals surface area (Å²) in [5, 5.41) is 15.8. The molecule has 3 aliphatic rings. The number of hydrogen-bond acceptors (Lipinski definition) is 7. The Morgan fingerprint density at radius 3 is 2.23 bits per heavy atom. The topological polar surface area (TPSA) is 153 Å². The Kier molecular flexibility index (Phi) is 11.5. The predicted molar refractivity (Wildman–Crippen MR) is 180 cm³/mol. The summed E-state index contributed by atoms with van der Waals surface area (Å²) in [4.78, 5) is 52.6. The second-order valence-electron chi connectivity index (χ2n) is 12.6. The molecule has 3 atom stereocenters. The average Bonchev–Trinajstić information content (AvgIpc) is 3.69. The molecule has 12 nitrogen and oxygen atoms in total. The van der Waals surface area contributed by atoms with E-state index < -0.39 is 24.2 Å². The fraction of sp³-hybridized carbons (Fsp3) is 0.514. The molecule has 12 heteroatoms. The van der Waals surface area contributed by atoms with Gasteiger partial charge in [-0.2, -0.15) is 5.10 Å². The summed E-state index contributed by atoms with van der Waals surface area (Å²) >= 11 is 0. The smallest absolute Gasteiger partial charge is 0.410 e. The summed E-state index contributed by atoms with van der Waals surface area (Å²) < 4.78 is 5.89. The lowest BCUT2D eigenvalue weighted by atomic mass is 9.81. The molecule has 2 aromatic rings. The van der Waals surface area contributed by atoms with Crippen molar-refractivity contribution >= 4 is 30.2 Å². The first-order valence-corrected chi connectivity index (χ1v) is 16.7. The number of likely N-dealkylation sites (tertiary alicyclic amines) is 1. The number of hydrazone groups is 1. The third kappa shape index (κ3) is 8.10. The van der Waals surface area contributed by atoms with E-state index in [1.54, 1.807) is 7.05 Å². The van der Waals surface area contributed by atoms with Gasteiger partial charge in [0.2, 0.25) is 11.8 Å². The van der Waals surface area contributed by atoms with Crippen LogP contribution in [0, 0.1) is 11.8 Å². The number of amides is 5. The van der Waals surface area contributed by atoms with Crippen LogP contribution >= 0.6 is 0 Å². The van der Waals surface area contributed by atoms with Crippen LogP contribution in [-0.4, -0.2) is 87.0 Å². The molecule has 47 heavy (non-hydrogen) atoms. The third-order valence-electron chi connectivity index (χ3n) is 9.79. The Balaban J connectivity index is 1.11. The summed E-state index contributed by atoms with van der Waals surface area (Å²) in [6.45, 7) is 2.94. The molecule has 0 bridgehead atoms. The van der Waals surface area contributed by atoms with Crippen LogP contribution in [0.4, 0.5) is 9.59 Å². The Morgan fingerprint density at radius 2 is 1.62 bits per heavy atom. The number of benzene rings is 2. The minimum absolute atomic E-state index is 0.0511. The summed E-state index contributed by atoms with van der Waals surface area (Å²) in [5.74, 6) is 0.0821. The van der Waals surface area contributed by atoms with E-state index in [9.17, 15) is 19.2 Å². The molecule has 2 aliphatic carbocycles. The zero-order chi connectivity index (χ0) is 33.3. The van der Waals surface area contributed by atoms with Crippen molar-refractivity contribution in [3.05, 3.63) is 59.7 Å². The second-order valence-corrected chi connectivity index (χ2v) is 12.6. The molecule has 0 radical (unpaired) electrons. The van der Waals surface area contributed by atoms with Crippen molar-refractivity contribution in [2.24, 2.45) is 16.9 Å². The Bertz CT molecular complexity index is 1410. The van der Waals surface area contributed by atoms with Crippen LogP contribution < -0.4 is 26.7 Å². The van der Waals surface area contributed by atoms with Crippen molar-refractivity contribution in [1.82, 2.24) is 31.6 Å². The van der Waals surface area contributed by atoms with E-state index >= 15 is 0 Å². The van der Waals surface area contributed by atoms with Gasteiger partial charge in [0, 0.05) is 44.2 Å². The van der Waals surface area contributed by atoms with Gasteiger partial charge in [-0.25, -0.2) is 15.0 Å². The van der Waals surface area contributed by atoms with Gasteiger partial charge in [0.25, 0.3) is 0 Å². The van der Waals surface area contributed by atoms with E-state index in [-0.39, 0.29) is 36.3 Å². The largest absolute Gasteiger partial charge is 0.448 e. The molecule has 1 saturated carbocycles. The maximum atomic E-state index is 13.5. The SMILES string of the molecule is CC[C@@H](/C=N/NC(=O)NC[C@H]1CC[C@H](C(=O)NC)CC1)NC(=O)[C@@H]1C[C@@H](NC)CN1C(=O)OCC1c2ccccc2-c2ccccc21. The first-order chi connectivity index (χ1) is 22.8. The van der Waals surface area contributed by atoms with Crippen LogP contribution in [0.5, 0.6) is 0 Å². The number of rotatable bonds is 11. The van der Waals surface area contributed by atoms with Gasteiger partial charge in [-0.3, -0.25) is 14.5 Å². The van der Waals surface area contributed by atoms with Crippen LogP contribution in [0.1, 0.15) is 62.5 Å². The van der Waals surface area contributed by atoms with Crippen molar-refractivity contribution < 1.29 is 23.9 Å². The second kappa shape index (κ2) is 15.9. The van der Waals surface area contributed by atoms with Gasteiger partial charge in [-0.15, -0.1) is 0 Å². The fourth-order valence-corrected chi connectivity index (χ4v) is 6.99. The summed E-state index contributed by atoms with van der Waals surface area (Å²) in [7, 11) is 3.47. The van der Waals surface area contributed by atoms with E-state index in [2.05, 4.69) is 56.1 Å². The van der Waals surface area contributed by atoms with E-state index in [1.807, 2.05) is 38.2 Å². The lowest BCUT2D eigenvalue weighted by Crippen LogP contribution is -2.49. The average molecular weight is 646 g/mol. The van der Waals surface area contributed by atoms with Crippen LogP contribution in [0.2, 0.25) is 0 Å². The lowest BCUT2D eigenvalue weighted by molar-refractivity contribution is -0.126. The Morgan fingerprint density at radius 1 is 0.957 bits per heavy atom. The number of carbonyl (C=O) groups is 4.